The Bertz CT molecular complexity index is 2920. The van der Waals surface area contributed by atoms with Gasteiger partial charge in [0.25, 0.3) is 0 Å². The number of rotatable bonds is 6. The predicted molar refractivity (Wildman–Crippen MR) is 218 cm³/mol. The van der Waals surface area contributed by atoms with Crippen molar-refractivity contribution in [1.82, 2.24) is 25.1 Å². The lowest BCUT2D eigenvalue weighted by molar-refractivity contribution is 1.07. The lowest BCUT2D eigenvalue weighted by Crippen LogP contribution is -2.00. The third-order valence-electron chi connectivity index (χ3n) is 9.66. The van der Waals surface area contributed by atoms with E-state index >= 15 is 0 Å². The number of benzene rings is 7. The monoisotopic (exact) mass is 695 g/mol. The van der Waals surface area contributed by atoms with Crippen LogP contribution in [-0.2, 0) is 0 Å². The zero-order chi connectivity index (χ0) is 35.1. The van der Waals surface area contributed by atoms with Gasteiger partial charge >= 0.3 is 0 Å². The lowest BCUT2D eigenvalue weighted by atomic mass is 9.97. The molecule has 0 spiro atoms. The second-order valence-corrected chi connectivity index (χ2v) is 14.0. The van der Waals surface area contributed by atoms with Crippen LogP contribution in [-0.4, -0.2) is 25.1 Å². The van der Waals surface area contributed by atoms with Crippen LogP contribution in [0.25, 0.3) is 98.7 Å². The van der Waals surface area contributed by atoms with Gasteiger partial charge < -0.3 is 0 Å². The molecule has 5 nitrogen and oxygen atoms in total. The molecule has 0 aliphatic heterocycles. The first-order valence-electron chi connectivity index (χ1n) is 17.5. The molecule has 0 aliphatic rings. The third-order valence-corrected chi connectivity index (χ3v) is 10.9. The molecule has 0 aliphatic carbocycles. The van der Waals surface area contributed by atoms with Gasteiger partial charge in [0.05, 0.1) is 10.2 Å². The van der Waals surface area contributed by atoms with Crippen LogP contribution in [0.5, 0.6) is 0 Å². The maximum atomic E-state index is 4.99. The molecule has 0 fully saturated rings. The molecule has 0 N–H and O–H groups in total. The SMILES string of the molecule is c1ccc(-c2ccc(-c3nc(-c4ccccc4)nc(-c4ccc(-c5cccc(-c6ccc7sc8c9ccccc9nnc8c7c6)c5)cc4)n3)cc2)cc1. The highest BCUT2D eigenvalue weighted by Crippen LogP contribution is 2.39. The molecule has 3 heterocycles. The molecule has 248 valence electrons. The fourth-order valence-corrected chi connectivity index (χ4v) is 8.04. The maximum absolute atomic E-state index is 4.99. The Morgan fingerprint density at radius 3 is 1.43 bits per heavy atom. The Hall–Kier alpha value is -6.89. The summed E-state index contributed by atoms with van der Waals surface area (Å²) < 4.78 is 2.39. The summed E-state index contributed by atoms with van der Waals surface area (Å²) in [7, 11) is 0. The highest BCUT2D eigenvalue weighted by molar-refractivity contribution is 7.26. The van der Waals surface area contributed by atoms with E-state index in [0.717, 1.165) is 66.3 Å². The van der Waals surface area contributed by atoms with Crippen molar-refractivity contribution in [2.45, 2.75) is 0 Å². The summed E-state index contributed by atoms with van der Waals surface area (Å²) >= 11 is 1.78. The molecule has 0 radical (unpaired) electrons. The van der Waals surface area contributed by atoms with Gasteiger partial charge in [0.2, 0.25) is 0 Å². The van der Waals surface area contributed by atoms with Crippen LogP contribution in [0.15, 0.2) is 176 Å². The quantitative estimate of drug-likeness (QED) is 0.173. The Balaban J connectivity index is 0.983. The standard InChI is InChI=1S/C47H29N5S/c1-3-10-30(11-4-1)31-18-22-34(23-19-31)46-48-45(33-12-5-2-6-13-33)49-47(50-46)35-24-20-32(21-25-35)36-14-9-15-37(28-36)38-26-27-42-40(29-38)43-44(53-42)39-16-7-8-17-41(39)51-52-43/h1-29H. The van der Waals surface area contributed by atoms with Crippen molar-refractivity contribution in [3.63, 3.8) is 0 Å². The molecule has 0 amide bonds. The molecule has 53 heavy (non-hydrogen) atoms. The van der Waals surface area contributed by atoms with E-state index in [-0.39, 0.29) is 0 Å². The van der Waals surface area contributed by atoms with Crippen LogP contribution in [0.1, 0.15) is 0 Å². The molecular weight excluding hydrogens is 667 g/mol. The first kappa shape index (κ1) is 30.9. The van der Waals surface area contributed by atoms with Crippen molar-refractivity contribution in [1.29, 1.82) is 0 Å². The van der Waals surface area contributed by atoms with Gasteiger partial charge in [-0.05, 0) is 57.6 Å². The number of aromatic nitrogens is 5. The fourth-order valence-electron chi connectivity index (χ4n) is 6.89. The third kappa shape index (κ3) is 5.81. The van der Waals surface area contributed by atoms with Crippen LogP contribution in [0.3, 0.4) is 0 Å². The number of thiophene rings is 1. The number of nitrogens with zero attached hydrogens (tertiary/aromatic N) is 5. The molecule has 0 saturated carbocycles. The zero-order valence-electron chi connectivity index (χ0n) is 28.4. The van der Waals surface area contributed by atoms with Crippen molar-refractivity contribution in [3.8, 4) is 67.5 Å². The van der Waals surface area contributed by atoms with Crippen molar-refractivity contribution >= 4 is 42.5 Å². The summed E-state index contributed by atoms with van der Waals surface area (Å²) in [6, 6.07) is 60.9. The van der Waals surface area contributed by atoms with E-state index in [1.54, 1.807) is 11.3 Å². The van der Waals surface area contributed by atoms with Crippen molar-refractivity contribution in [3.05, 3.63) is 176 Å². The van der Waals surface area contributed by atoms with E-state index in [2.05, 4.69) is 138 Å². The summed E-state index contributed by atoms with van der Waals surface area (Å²) in [6.45, 7) is 0. The van der Waals surface area contributed by atoms with Gasteiger partial charge in [-0.2, -0.15) is 0 Å². The average molecular weight is 696 g/mol. The molecule has 0 bridgehead atoms. The van der Waals surface area contributed by atoms with Gasteiger partial charge in [-0.3, -0.25) is 0 Å². The van der Waals surface area contributed by atoms with Gasteiger partial charge in [-0.1, -0.05) is 152 Å². The molecule has 7 aromatic carbocycles. The minimum atomic E-state index is 0.633. The van der Waals surface area contributed by atoms with Gasteiger partial charge in [-0.15, -0.1) is 21.5 Å². The minimum Gasteiger partial charge on any atom is -0.208 e. The summed E-state index contributed by atoms with van der Waals surface area (Å²) in [6.07, 6.45) is 0. The van der Waals surface area contributed by atoms with Crippen molar-refractivity contribution in [2.75, 3.05) is 0 Å². The zero-order valence-corrected chi connectivity index (χ0v) is 29.2. The molecule has 3 aromatic heterocycles. The van der Waals surface area contributed by atoms with E-state index in [4.69, 9.17) is 15.0 Å². The molecular formula is C47H29N5S. The van der Waals surface area contributed by atoms with Crippen LogP contribution < -0.4 is 0 Å². The van der Waals surface area contributed by atoms with E-state index < -0.39 is 0 Å². The highest BCUT2D eigenvalue weighted by Gasteiger charge is 2.15. The summed E-state index contributed by atoms with van der Waals surface area (Å²) in [5, 5.41) is 11.4. The molecule has 10 rings (SSSR count). The Labute approximate surface area is 310 Å². The van der Waals surface area contributed by atoms with Crippen LogP contribution in [0.2, 0.25) is 0 Å². The first-order valence-corrected chi connectivity index (χ1v) is 18.3. The van der Waals surface area contributed by atoms with Crippen molar-refractivity contribution < 1.29 is 0 Å². The van der Waals surface area contributed by atoms with Gasteiger partial charge in [0.15, 0.2) is 17.5 Å². The van der Waals surface area contributed by atoms with Crippen molar-refractivity contribution in [2.24, 2.45) is 0 Å². The van der Waals surface area contributed by atoms with Gasteiger partial charge in [-0.25, -0.2) is 15.0 Å². The smallest absolute Gasteiger partial charge is 0.164 e. The lowest BCUT2D eigenvalue weighted by Gasteiger charge is -2.10. The minimum absolute atomic E-state index is 0.633. The maximum Gasteiger partial charge on any atom is 0.164 e. The van der Waals surface area contributed by atoms with Gasteiger partial charge in [0.1, 0.15) is 5.52 Å². The van der Waals surface area contributed by atoms with Crippen LogP contribution in [0.4, 0.5) is 0 Å². The fraction of sp³-hybridized carbons (Fsp3) is 0. The molecule has 0 atom stereocenters. The normalized spacial score (nSPS) is 11.4. The van der Waals surface area contributed by atoms with E-state index in [1.807, 2.05) is 48.5 Å². The molecule has 6 heteroatoms. The summed E-state index contributed by atoms with van der Waals surface area (Å²) in [4.78, 5) is 14.9. The van der Waals surface area contributed by atoms with Crippen LogP contribution in [0, 0.1) is 0 Å². The first-order chi connectivity index (χ1) is 26.2. The number of hydrogen-bond donors (Lipinski definition) is 0. The van der Waals surface area contributed by atoms with Gasteiger partial charge in [0, 0.05) is 32.2 Å². The number of hydrogen-bond acceptors (Lipinski definition) is 6. The summed E-state index contributed by atoms with van der Waals surface area (Å²) in [5.74, 6) is 1.91. The average Bonchev–Trinajstić information content (AvgIpc) is 3.63. The largest absolute Gasteiger partial charge is 0.208 e. The summed E-state index contributed by atoms with van der Waals surface area (Å²) in [5.41, 5.74) is 11.6. The van der Waals surface area contributed by atoms with E-state index in [9.17, 15) is 0 Å². The Morgan fingerprint density at radius 1 is 0.321 bits per heavy atom. The number of fused-ring (bicyclic) bond motifs is 5. The Morgan fingerprint density at radius 2 is 0.774 bits per heavy atom. The molecule has 10 aromatic rings. The van der Waals surface area contributed by atoms with Crippen LogP contribution >= 0.6 is 11.3 Å². The van der Waals surface area contributed by atoms with E-state index in [0.29, 0.717) is 17.5 Å². The highest BCUT2D eigenvalue weighted by atomic mass is 32.1. The second-order valence-electron chi connectivity index (χ2n) is 13.0. The topological polar surface area (TPSA) is 64.5 Å². The van der Waals surface area contributed by atoms with E-state index in [1.165, 1.54) is 15.0 Å². The second kappa shape index (κ2) is 13.0. The molecule has 0 saturated heterocycles. The predicted octanol–water partition coefficient (Wildman–Crippen LogP) is 12.2. The molecule has 0 unspecified atom stereocenters. The Kier molecular flexibility index (Phi) is 7.59.